The first-order valence-corrected chi connectivity index (χ1v) is 4.29. The third-order valence-electron chi connectivity index (χ3n) is 1.51. The van der Waals surface area contributed by atoms with Crippen molar-refractivity contribution < 1.29 is 9.18 Å². The van der Waals surface area contributed by atoms with Gasteiger partial charge in [0.2, 0.25) is 5.91 Å². The van der Waals surface area contributed by atoms with E-state index in [1.165, 1.54) is 18.2 Å². The van der Waals surface area contributed by atoms with Crippen LogP contribution in [-0.4, -0.2) is 5.91 Å². The number of hydrogen-bond acceptors (Lipinski definition) is 1. The Morgan fingerprint density at radius 2 is 2.14 bits per heavy atom. The molecule has 0 aromatic heterocycles. The van der Waals surface area contributed by atoms with Gasteiger partial charge >= 0.3 is 0 Å². The zero-order chi connectivity index (χ0) is 10.6. The van der Waals surface area contributed by atoms with Gasteiger partial charge in [-0.2, -0.15) is 0 Å². The Bertz CT molecular complexity index is 367. The molecule has 0 aliphatic rings. The smallest absolute Gasteiger partial charge is 0.248 e. The molecule has 0 heterocycles. The average molecular weight is 193 g/mol. The van der Waals surface area contributed by atoms with Crippen LogP contribution in [0.1, 0.15) is 13.8 Å². The van der Waals surface area contributed by atoms with Gasteiger partial charge in [0.1, 0.15) is 5.82 Å². The van der Waals surface area contributed by atoms with Gasteiger partial charge in [-0.25, -0.2) is 4.39 Å². The molecule has 0 fully saturated rings. The zero-order valence-corrected chi connectivity index (χ0v) is 8.17. The van der Waals surface area contributed by atoms with Crippen LogP contribution in [0, 0.1) is 5.82 Å². The molecule has 0 aliphatic heterocycles. The van der Waals surface area contributed by atoms with Crippen LogP contribution in [0.3, 0.4) is 0 Å². The van der Waals surface area contributed by atoms with Gasteiger partial charge in [-0.15, -0.1) is 0 Å². The molecule has 0 bridgehead atoms. The van der Waals surface area contributed by atoms with Gasteiger partial charge in [0.05, 0.1) is 0 Å². The van der Waals surface area contributed by atoms with Crippen molar-refractivity contribution in [1.29, 1.82) is 0 Å². The molecule has 0 unspecified atom stereocenters. The zero-order valence-electron chi connectivity index (χ0n) is 8.17. The van der Waals surface area contributed by atoms with Crippen molar-refractivity contribution in [2.24, 2.45) is 0 Å². The second kappa shape index (κ2) is 4.56. The van der Waals surface area contributed by atoms with Crippen molar-refractivity contribution in [3.63, 3.8) is 0 Å². The Labute approximate surface area is 82.4 Å². The van der Waals surface area contributed by atoms with Gasteiger partial charge in [0.25, 0.3) is 0 Å². The Morgan fingerprint density at radius 3 is 2.71 bits per heavy atom. The lowest BCUT2D eigenvalue weighted by atomic mass is 10.3. The number of rotatable bonds is 2. The monoisotopic (exact) mass is 193 g/mol. The highest BCUT2D eigenvalue weighted by atomic mass is 19.1. The molecule has 0 saturated carbocycles. The molecule has 14 heavy (non-hydrogen) atoms. The summed E-state index contributed by atoms with van der Waals surface area (Å²) in [5, 5.41) is 2.56. The van der Waals surface area contributed by atoms with Crippen molar-refractivity contribution in [2.45, 2.75) is 13.8 Å². The van der Waals surface area contributed by atoms with Crippen molar-refractivity contribution in [1.82, 2.24) is 0 Å². The number of nitrogens with one attached hydrogen (secondary N) is 1. The summed E-state index contributed by atoms with van der Waals surface area (Å²) in [6.45, 7) is 3.65. The van der Waals surface area contributed by atoms with Gasteiger partial charge in [-0.3, -0.25) is 4.79 Å². The molecule has 1 aromatic rings. The summed E-state index contributed by atoms with van der Waals surface area (Å²) in [6.07, 6.45) is 1.46. The van der Waals surface area contributed by atoms with Crippen LogP contribution < -0.4 is 5.32 Å². The molecule has 2 nitrogen and oxygen atoms in total. The van der Waals surface area contributed by atoms with E-state index in [0.29, 0.717) is 5.69 Å². The lowest BCUT2D eigenvalue weighted by molar-refractivity contribution is -0.111. The summed E-state index contributed by atoms with van der Waals surface area (Å²) >= 11 is 0. The van der Waals surface area contributed by atoms with Crippen LogP contribution in [0.4, 0.5) is 10.1 Å². The van der Waals surface area contributed by atoms with E-state index in [9.17, 15) is 9.18 Å². The molecular formula is C11H12FNO. The second-order valence-electron chi connectivity index (χ2n) is 3.22. The van der Waals surface area contributed by atoms with Gasteiger partial charge in [0, 0.05) is 11.8 Å². The predicted molar refractivity (Wildman–Crippen MR) is 54.5 cm³/mol. The third kappa shape index (κ3) is 3.39. The molecule has 1 rings (SSSR count). The Kier molecular flexibility index (Phi) is 3.40. The summed E-state index contributed by atoms with van der Waals surface area (Å²) in [4.78, 5) is 11.2. The number of hydrogen-bond donors (Lipinski definition) is 1. The minimum absolute atomic E-state index is 0.240. The molecule has 74 valence electrons. The van der Waals surface area contributed by atoms with E-state index in [4.69, 9.17) is 0 Å². The number of carbonyl (C=O) groups excluding carboxylic acids is 1. The maximum atomic E-state index is 12.7. The summed E-state index contributed by atoms with van der Waals surface area (Å²) in [7, 11) is 0. The van der Waals surface area contributed by atoms with Crippen molar-refractivity contribution >= 4 is 11.6 Å². The number of anilines is 1. The average Bonchev–Trinajstić information content (AvgIpc) is 2.01. The van der Waals surface area contributed by atoms with E-state index in [0.717, 1.165) is 5.57 Å². The minimum Gasteiger partial charge on any atom is -0.322 e. The SMILES string of the molecule is CC(C)=CC(=O)Nc1cccc(F)c1. The molecule has 1 amide bonds. The first-order valence-electron chi connectivity index (χ1n) is 4.29. The largest absolute Gasteiger partial charge is 0.322 e. The van der Waals surface area contributed by atoms with E-state index in [1.54, 1.807) is 12.1 Å². The predicted octanol–water partition coefficient (Wildman–Crippen LogP) is 2.73. The maximum Gasteiger partial charge on any atom is 0.248 e. The lowest BCUT2D eigenvalue weighted by Crippen LogP contribution is -2.08. The van der Waals surface area contributed by atoms with Crippen molar-refractivity contribution in [3.05, 3.63) is 41.7 Å². The molecule has 0 aliphatic carbocycles. The summed E-state index contributed by atoms with van der Waals surface area (Å²) < 4.78 is 12.7. The van der Waals surface area contributed by atoms with E-state index in [2.05, 4.69) is 5.32 Å². The quantitative estimate of drug-likeness (QED) is 0.719. The first kappa shape index (κ1) is 10.4. The molecule has 0 radical (unpaired) electrons. The molecule has 0 spiro atoms. The number of amides is 1. The van der Waals surface area contributed by atoms with Crippen LogP contribution in [0.2, 0.25) is 0 Å². The fraction of sp³-hybridized carbons (Fsp3) is 0.182. The van der Waals surface area contributed by atoms with Crippen LogP contribution in [0.25, 0.3) is 0 Å². The van der Waals surface area contributed by atoms with Crippen molar-refractivity contribution in [3.8, 4) is 0 Å². The highest BCUT2D eigenvalue weighted by Crippen LogP contribution is 2.09. The maximum absolute atomic E-state index is 12.7. The Hall–Kier alpha value is -1.64. The van der Waals surface area contributed by atoms with Crippen LogP contribution >= 0.6 is 0 Å². The summed E-state index contributed by atoms with van der Waals surface area (Å²) in [5.74, 6) is -0.601. The van der Waals surface area contributed by atoms with E-state index >= 15 is 0 Å². The fourth-order valence-corrected chi connectivity index (χ4v) is 1.01. The molecule has 0 saturated heterocycles. The standard InChI is InChI=1S/C11H12FNO/c1-8(2)6-11(14)13-10-5-3-4-9(12)7-10/h3-7H,1-2H3,(H,13,14). The van der Waals surface area contributed by atoms with E-state index < -0.39 is 0 Å². The van der Waals surface area contributed by atoms with Crippen LogP contribution in [0.15, 0.2) is 35.9 Å². The normalized spacial score (nSPS) is 9.36. The van der Waals surface area contributed by atoms with E-state index in [-0.39, 0.29) is 11.7 Å². The topological polar surface area (TPSA) is 29.1 Å². The van der Waals surface area contributed by atoms with Gasteiger partial charge in [-0.1, -0.05) is 11.6 Å². The van der Waals surface area contributed by atoms with E-state index in [1.807, 2.05) is 13.8 Å². The summed E-state index contributed by atoms with van der Waals surface area (Å²) in [6, 6.07) is 5.79. The van der Waals surface area contributed by atoms with Gasteiger partial charge in [-0.05, 0) is 32.0 Å². The number of benzene rings is 1. The molecule has 1 N–H and O–H groups in total. The first-order chi connectivity index (χ1) is 6.58. The molecule has 0 atom stereocenters. The van der Waals surface area contributed by atoms with Gasteiger partial charge < -0.3 is 5.32 Å². The lowest BCUT2D eigenvalue weighted by Gasteiger charge is -2.01. The highest BCUT2D eigenvalue weighted by Gasteiger charge is 1.98. The third-order valence-corrected chi connectivity index (χ3v) is 1.51. The highest BCUT2D eigenvalue weighted by molar-refractivity contribution is 5.99. The van der Waals surface area contributed by atoms with Gasteiger partial charge in [0.15, 0.2) is 0 Å². The second-order valence-corrected chi connectivity index (χ2v) is 3.22. The number of carbonyl (C=O) groups is 1. The molecule has 1 aromatic carbocycles. The van der Waals surface area contributed by atoms with Crippen molar-refractivity contribution in [2.75, 3.05) is 5.32 Å². The Morgan fingerprint density at radius 1 is 1.43 bits per heavy atom. The molecular weight excluding hydrogens is 181 g/mol. The van der Waals surface area contributed by atoms with Crippen LogP contribution in [-0.2, 0) is 4.79 Å². The van der Waals surface area contributed by atoms with Crippen LogP contribution in [0.5, 0.6) is 0 Å². The Balaban J connectivity index is 2.70. The number of allylic oxidation sites excluding steroid dienone is 1. The molecule has 3 heteroatoms. The summed E-state index contributed by atoms with van der Waals surface area (Å²) in [5.41, 5.74) is 1.37. The number of halogens is 1. The fourth-order valence-electron chi connectivity index (χ4n) is 1.01. The minimum atomic E-state index is -0.361.